The van der Waals surface area contributed by atoms with Gasteiger partial charge in [-0.3, -0.25) is 18.8 Å². The predicted molar refractivity (Wildman–Crippen MR) is 108 cm³/mol. The SMILES string of the molecule is Cc1ccc(C(=O)NC[C@H]2CN(c3ccn(Cn4ccccc4=O)n3)C(O)O2)s1. The molecule has 1 unspecified atom stereocenters. The average molecular weight is 415 g/mol. The van der Waals surface area contributed by atoms with Gasteiger partial charge in [0.1, 0.15) is 6.67 Å². The molecular formula is C19H21N5O4S. The van der Waals surface area contributed by atoms with Crippen LogP contribution >= 0.6 is 11.3 Å². The highest BCUT2D eigenvalue weighted by Gasteiger charge is 2.33. The maximum atomic E-state index is 12.2. The Balaban J connectivity index is 1.35. The molecule has 1 amide bonds. The molecule has 3 aromatic heterocycles. The Kier molecular flexibility index (Phi) is 5.47. The van der Waals surface area contributed by atoms with E-state index in [1.165, 1.54) is 22.0 Å². The van der Waals surface area contributed by atoms with E-state index in [1.807, 2.05) is 13.0 Å². The summed E-state index contributed by atoms with van der Waals surface area (Å²) in [5, 5.41) is 17.5. The third-order valence-corrected chi connectivity index (χ3v) is 5.55. The average Bonchev–Trinajstić information content (AvgIpc) is 3.42. The predicted octanol–water partition coefficient (Wildman–Crippen LogP) is 0.832. The standard InChI is InChI=1S/C19H21N5O4S/c1-13-5-6-15(29-13)18(26)20-10-14-11-24(19(27)28-14)16-7-9-23(21-16)12-22-8-3-2-4-17(22)25/h2-9,14,19,27H,10-12H2,1H3,(H,20,26)/t14-,19?/m0/s1. The van der Waals surface area contributed by atoms with E-state index < -0.39 is 6.41 Å². The quantitative estimate of drug-likeness (QED) is 0.619. The molecular weight excluding hydrogens is 394 g/mol. The molecule has 2 N–H and O–H groups in total. The van der Waals surface area contributed by atoms with Gasteiger partial charge in [0.2, 0.25) is 6.41 Å². The van der Waals surface area contributed by atoms with E-state index in [2.05, 4.69) is 10.4 Å². The van der Waals surface area contributed by atoms with Crippen LogP contribution in [0.1, 0.15) is 14.5 Å². The summed E-state index contributed by atoms with van der Waals surface area (Å²) < 4.78 is 8.67. The van der Waals surface area contributed by atoms with Gasteiger partial charge in [0.15, 0.2) is 5.82 Å². The van der Waals surface area contributed by atoms with E-state index in [9.17, 15) is 14.7 Å². The number of hydrogen-bond donors (Lipinski definition) is 2. The van der Waals surface area contributed by atoms with Gasteiger partial charge in [0.05, 0.1) is 17.5 Å². The summed E-state index contributed by atoms with van der Waals surface area (Å²) in [4.78, 5) is 27.3. The molecule has 0 aromatic carbocycles. The van der Waals surface area contributed by atoms with Crippen LogP contribution in [-0.4, -0.2) is 51.0 Å². The van der Waals surface area contributed by atoms with E-state index in [-0.39, 0.29) is 30.8 Å². The van der Waals surface area contributed by atoms with Gasteiger partial charge in [0, 0.05) is 35.9 Å². The highest BCUT2D eigenvalue weighted by Crippen LogP contribution is 2.22. The van der Waals surface area contributed by atoms with E-state index in [1.54, 1.807) is 46.2 Å². The first-order valence-electron chi connectivity index (χ1n) is 9.13. The first kappa shape index (κ1) is 19.4. The molecule has 0 bridgehead atoms. The van der Waals surface area contributed by atoms with Gasteiger partial charge in [-0.25, -0.2) is 0 Å². The molecule has 9 nitrogen and oxygen atoms in total. The van der Waals surface area contributed by atoms with Crippen LogP contribution in [0.15, 0.2) is 53.6 Å². The molecule has 0 spiro atoms. The van der Waals surface area contributed by atoms with Crippen LogP contribution in [0.25, 0.3) is 0 Å². The fraction of sp³-hybridized carbons (Fsp3) is 0.316. The number of aromatic nitrogens is 3. The lowest BCUT2D eigenvalue weighted by molar-refractivity contribution is -0.0870. The van der Waals surface area contributed by atoms with Gasteiger partial charge in [-0.15, -0.1) is 11.3 Å². The number of amides is 1. The van der Waals surface area contributed by atoms with Crippen LogP contribution in [0.5, 0.6) is 0 Å². The number of nitrogens with one attached hydrogen (secondary N) is 1. The summed E-state index contributed by atoms with van der Waals surface area (Å²) in [5.74, 6) is 0.376. The molecule has 4 rings (SSSR count). The second-order valence-corrected chi connectivity index (χ2v) is 8.01. The number of carbonyl (C=O) groups excluding carboxylic acids is 1. The van der Waals surface area contributed by atoms with Gasteiger partial charge in [-0.05, 0) is 25.1 Å². The van der Waals surface area contributed by atoms with Gasteiger partial charge in [-0.2, -0.15) is 5.10 Å². The van der Waals surface area contributed by atoms with Crippen molar-refractivity contribution >= 4 is 23.1 Å². The van der Waals surface area contributed by atoms with Crippen molar-refractivity contribution in [3.05, 3.63) is 68.9 Å². The Morgan fingerprint density at radius 2 is 2.17 bits per heavy atom. The minimum Gasteiger partial charge on any atom is -0.351 e. The van der Waals surface area contributed by atoms with Crippen molar-refractivity contribution in [2.24, 2.45) is 0 Å². The first-order chi connectivity index (χ1) is 14.0. The number of aliphatic hydroxyl groups excluding tert-OH is 1. The fourth-order valence-corrected chi connectivity index (χ4v) is 3.87. The van der Waals surface area contributed by atoms with E-state index in [0.29, 0.717) is 17.2 Å². The van der Waals surface area contributed by atoms with Crippen molar-refractivity contribution in [3.8, 4) is 0 Å². The summed E-state index contributed by atoms with van der Waals surface area (Å²) in [7, 11) is 0. The highest BCUT2D eigenvalue weighted by atomic mass is 32.1. The van der Waals surface area contributed by atoms with Crippen LogP contribution in [0.2, 0.25) is 0 Å². The van der Waals surface area contributed by atoms with Crippen molar-refractivity contribution in [1.82, 2.24) is 19.7 Å². The Bertz CT molecular complexity index is 1060. The Labute approximate surface area is 170 Å². The number of aryl methyl sites for hydroxylation is 1. The minimum atomic E-state index is -1.15. The van der Waals surface area contributed by atoms with Crippen molar-refractivity contribution in [2.45, 2.75) is 26.1 Å². The summed E-state index contributed by atoms with van der Waals surface area (Å²) in [5.41, 5.74) is -0.120. The number of aliphatic hydroxyl groups is 1. The number of carbonyl (C=O) groups is 1. The molecule has 1 fully saturated rings. The summed E-state index contributed by atoms with van der Waals surface area (Å²) in [6.07, 6.45) is 1.90. The normalized spacial score (nSPS) is 18.9. The van der Waals surface area contributed by atoms with Gasteiger partial charge < -0.3 is 20.1 Å². The molecule has 2 atom stereocenters. The van der Waals surface area contributed by atoms with Crippen LogP contribution in [0.3, 0.4) is 0 Å². The molecule has 4 heterocycles. The lowest BCUT2D eigenvalue weighted by Gasteiger charge is -2.16. The number of ether oxygens (including phenoxy) is 1. The molecule has 0 aliphatic carbocycles. The fourth-order valence-electron chi connectivity index (χ4n) is 3.08. The van der Waals surface area contributed by atoms with Crippen molar-refractivity contribution in [2.75, 3.05) is 18.0 Å². The Morgan fingerprint density at radius 1 is 1.31 bits per heavy atom. The van der Waals surface area contributed by atoms with Gasteiger partial charge >= 0.3 is 0 Å². The molecule has 10 heteroatoms. The zero-order chi connectivity index (χ0) is 20.4. The number of hydrogen-bond acceptors (Lipinski definition) is 7. The number of thiophene rings is 1. The highest BCUT2D eigenvalue weighted by molar-refractivity contribution is 7.13. The molecule has 1 saturated heterocycles. The van der Waals surface area contributed by atoms with E-state index in [0.717, 1.165) is 4.88 Å². The number of nitrogens with zero attached hydrogens (tertiary/aromatic N) is 4. The molecule has 29 heavy (non-hydrogen) atoms. The Morgan fingerprint density at radius 3 is 2.93 bits per heavy atom. The smallest absolute Gasteiger partial charge is 0.261 e. The van der Waals surface area contributed by atoms with Crippen LogP contribution in [0.4, 0.5) is 5.82 Å². The first-order valence-corrected chi connectivity index (χ1v) is 9.95. The number of pyridine rings is 1. The molecule has 152 valence electrons. The van der Waals surface area contributed by atoms with Crippen molar-refractivity contribution in [1.29, 1.82) is 0 Å². The minimum absolute atomic E-state index is 0.120. The molecule has 1 aliphatic heterocycles. The lowest BCUT2D eigenvalue weighted by Crippen LogP contribution is -2.34. The van der Waals surface area contributed by atoms with Crippen LogP contribution < -0.4 is 15.8 Å². The van der Waals surface area contributed by atoms with E-state index >= 15 is 0 Å². The number of anilines is 1. The second kappa shape index (κ2) is 8.19. The molecule has 3 aromatic rings. The Hall–Kier alpha value is -2.95. The zero-order valence-corrected chi connectivity index (χ0v) is 16.6. The molecule has 0 saturated carbocycles. The second-order valence-electron chi connectivity index (χ2n) is 6.72. The molecule has 1 aliphatic rings. The maximum Gasteiger partial charge on any atom is 0.261 e. The topological polar surface area (TPSA) is 102 Å². The summed E-state index contributed by atoms with van der Waals surface area (Å²) in [6, 6.07) is 10.4. The third-order valence-electron chi connectivity index (χ3n) is 4.55. The van der Waals surface area contributed by atoms with Crippen LogP contribution in [-0.2, 0) is 11.4 Å². The zero-order valence-electron chi connectivity index (χ0n) is 15.8. The largest absolute Gasteiger partial charge is 0.351 e. The number of rotatable bonds is 6. The molecule has 0 radical (unpaired) electrons. The van der Waals surface area contributed by atoms with Crippen molar-refractivity contribution in [3.63, 3.8) is 0 Å². The van der Waals surface area contributed by atoms with Gasteiger partial charge in [0.25, 0.3) is 11.5 Å². The van der Waals surface area contributed by atoms with Gasteiger partial charge in [-0.1, -0.05) is 6.07 Å². The monoisotopic (exact) mass is 415 g/mol. The summed E-state index contributed by atoms with van der Waals surface area (Å²) in [6.45, 7) is 2.88. The maximum absolute atomic E-state index is 12.2. The third kappa shape index (κ3) is 4.39. The lowest BCUT2D eigenvalue weighted by atomic mass is 10.3. The summed E-state index contributed by atoms with van der Waals surface area (Å²) >= 11 is 1.43. The van der Waals surface area contributed by atoms with E-state index in [4.69, 9.17) is 4.74 Å². The van der Waals surface area contributed by atoms with Crippen LogP contribution in [0, 0.1) is 6.92 Å². The van der Waals surface area contributed by atoms with Crippen molar-refractivity contribution < 1.29 is 14.6 Å².